The van der Waals surface area contributed by atoms with E-state index >= 15 is 0 Å². The van der Waals surface area contributed by atoms with E-state index in [-0.39, 0.29) is 0 Å². The van der Waals surface area contributed by atoms with Crippen molar-refractivity contribution < 1.29 is 4.42 Å². The van der Waals surface area contributed by atoms with E-state index in [9.17, 15) is 0 Å². The van der Waals surface area contributed by atoms with E-state index in [1.54, 1.807) is 0 Å². The van der Waals surface area contributed by atoms with Crippen molar-refractivity contribution in [3.8, 4) is 27.9 Å². The molecule has 9 aromatic rings. The summed E-state index contributed by atoms with van der Waals surface area (Å²) in [5.74, 6) is 0. The van der Waals surface area contributed by atoms with Crippen LogP contribution in [0.4, 0.5) is 0 Å². The molecule has 2 aliphatic carbocycles. The van der Waals surface area contributed by atoms with Crippen LogP contribution in [0.15, 0.2) is 238 Å². The van der Waals surface area contributed by atoms with Crippen molar-refractivity contribution in [1.82, 2.24) is 4.57 Å². The molecule has 0 unspecified atom stereocenters. The first-order chi connectivity index (χ1) is 35.0. The fraction of sp³-hybridized carbons (Fsp3) is 0.104. The largest absolute Gasteiger partial charge is 0.457 e. The predicted octanol–water partition coefficient (Wildman–Crippen LogP) is 16.1. The summed E-state index contributed by atoms with van der Waals surface area (Å²) in [6.45, 7) is 19.1. The maximum atomic E-state index is 6.42. The molecule has 0 aliphatic heterocycles. The molecule has 0 radical (unpaired) electrons. The van der Waals surface area contributed by atoms with E-state index in [2.05, 4.69) is 230 Å². The second kappa shape index (κ2) is 20.2. The van der Waals surface area contributed by atoms with Crippen LogP contribution in [0, 0.1) is 0 Å². The molecule has 0 atom stereocenters. The summed E-state index contributed by atoms with van der Waals surface area (Å²) < 4.78 is 8.77. The Kier molecular flexibility index (Phi) is 13.1. The average Bonchev–Trinajstić information content (AvgIpc) is 4.08. The highest BCUT2D eigenvalue weighted by molar-refractivity contribution is 6.16. The van der Waals surface area contributed by atoms with Gasteiger partial charge in [-0.2, -0.15) is 0 Å². The van der Waals surface area contributed by atoms with Gasteiger partial charge in [0.15, 0.2) is 0 Å². The maximum absolute atomic E-state index is 6.42. The van der Waals surface area contributed by atoms with Crippen LogP contribution in [0.2, 0.25) is 0 Å². The van der Waals surface area contributed by atoms with Gasteiger partial charge in [-0.05, 0) is 161 Å². The van der Waals surface area contributed by atoms with Crippen LogP contribution in [0.25, 0.3) is 78.4 Å². The normalized spacial score (nSPS) is 15.1. The Balaban J connectivity index is 0.00000287. The van der Waals surface area contributed by atoms with Gasteiger partial charge in [-0.1, -0.05) is 166 Å². The molecule has 0 bridgehead atoms. The monoisotopic (exact) mass is 919 g/mol. The van der Waals surface area contributed by atoms with Gasteiger partial charge >= 0.3 is 0 Å². The minimum Gasteiger partial charge on any atom is -0.457 e. The molecule has 2 aliphatic rings. The highest BCUT2D eigenvalue weighted by Gasteiger charge is 2.24. The van der Waals surface area contributed by atoms with Crippen LogP contribution < -0.4 is 10.6 Å². The van der Waals surface area contributed by atoms with E-state index < -0.39 is 0 Å². The molecule has 0 saturated carbocycles. The first-order valence-corrected chi connectivity index (χ1v) is 24.7. The zero-order valence-electron chi connectivity index (χ0n) is 41.2. The number of fused-ring (bicyclic) bond motifs is 7. The Hall–Kier alpha value is -8.60. The first-order valence-electron chi connectivity index (χ1n) is 24.7. The van der Waals surface area contributed by atoms with Crippen molar-refractivity contribution in [2.24, 2.45) is 9.98 Å². The number of aliphatic imine (C=N–C) groups is 2. The molecule has 4 heteroatoms. The standard InChI is InChI=1S/C65H51N3O.C2H6/c1-6-18-44(8-3)65(66-5)57-40-49(54-28-17-23-50-37-48-21-12-13-26-53(48)64(50)54)30-33-59(57)67-41-43-20-16-22-47(36-43)52(19-7-2)63-42(4)69-62-35-32-46(39-58(62)63)45-31-34-61-56(38-45)55-27-14-15-29-60(55)68(61)51-24-10-9-11-25-51;1-2/h6-36,38-40H,4-5,37,41H2,1-3H3;1-2H3/b18-6-,19-7-,44-8+,63-52-,65-57-,67-59?;. The molecule has 11 rings (SSSR count). The second-order valence-electron chi connectivity index (χ2n) is 17.6. The van der Waals surface area contributed by atoms with Gasteiger partial charge in [0, 0.05) is 32.6 Å². The number of para-hydroxylation sites is 2. The van der Waals surface area contributed by atoms with Gasteiger partial charge in [-0.15, -0.1) is 0 Å². The van der Waals surface area contributed by atoms with E-state index in [4.69, 9.17) is 9.41 Å². The molecule has 0 fully saturated rings. The molecular formula is C67H57N3O. The highest BCUT2D eigenvalue weighted by atomic mass is 16.3. The van der Waals surface area contributed by atoms with Crippen molar-refractivity contribution in [2.45, 2.75) is 47.6 Å². The fourth-order valence-corrected chi connectivity index (χ4v) is 10.4. The topological polar surface area (TPSA) is 42.8 Å². The number of allylic oxidation sites excluding steroid dienone is 10. The van der Waals surface area contributed by atoms with Gasteiger partial charge in [0.1, 0.15) is 11.0 Å². The van der Waals surface area contributed by atoms with Gasteiger partial charge in [-0.25, -0.2) is 0 Å². The molecule has 0 N–H and O–H groups in total. The predicted molar refractivity (Wildman–Crippen MR) is 304 cm³/mol. The smallest absolute Gasteiger partial charge is 0.135 e. The summed E-state index contributed by atoms with van der Waals surface area (Å²) in [4.78, 5) is 9.98. The second-order valence-corrected chi connectivity index (χ2v) is 17.6. The number of aromatic nitrogens is 1. The summed E-state index contributed by atoms with van der Waals surface area (Å²) in [7, 11) is 0. The van der Waals surface area contributed by atoms with Crippen molar-refractivity contribution in [2.75, 3.05) is 0 Å². The Bertz CT molecular complexity index is 3900. The van der Waals surface area contributed by atoms with Crippen LogP contribution in [0.1, 0.15) is 62.4 Å². The van der Waals surface area contributed by atoms with Crippen molar-refractivity contribution in [3.63, 3.8) is 0 Å². The molecular weight excluding hydrogens is 863 g/mol. The number of rotatable bonds is 10. The lowest BCUT2D eigenvalue weighted by molar-refractivity contribution is 0.577. The lowest BCUT2D eigenvalue weighted by Gasteiger charge is -2.18. The Morgan fingerprint density at radius 2 is 1.37 bits per heavy atom. The first kappa shape index (κ1) is 46.1. The van der Waals surface area contributed by atoms with E-state index in [0.29, 0.717) is 12.0 Å². The van der Waals surface area contributed by atoms with E-state index in [0.717, 1.165) is 84.3 Å². The van der Waals surface area contributed by atoms with Crippen LogP contribution >= 0.6 is 0 Å². The maximum Gasteiger partial charge on any atom is 0.135 e. The Morgan fingerprint density at radius 1 is 0.662 bits per heavy atom. The minimum absolute atomic E-state index is 0.466. The van der Waals surface area contributed by atoms with Crippen LogP contribution in [0.3, 0.4) is 0 Å². The molecule has 346 valence electrons. The molecule has 0 amide bonds. The van der Waals surface area contributed by atoms with Gasteiger partial charge in [0.2, 0.25) is 0 Å². The third kappa shape index (κ3) is 8.53. The number of hydrogen-bond acceptors (Lipinski definition) is 3. The van der Waals surface area contributed by atoms with E-state index in [1.165, 1.54) is 49.6 Å². The lowest BCUT2D eigenvalue weighted by Crippen LogP contribution is -2.21. The number of nitrogens with zero attached hydrogens (tertiary/aromatic N) is 3. The summed E-state index contributed by atoms with van der Waals surface area (Å²) in [5, 5.41) is 4.43. The van der Waals surface area contributed by atoms with Crippen LogP contribution in [-0.2, 0) is 13.0 Å². The lowest BCUT2D eigenvalue weighted by atomic mass is 9.88. The van der Waals surface area contributed by atoms with Gasteiger partial charge in [0.05, 0.1) is 29.0 Å². The Morgan fingerprint density at radius 3 is 2.17 bits per heavy atom. The summed E-state index contributed by atoms with van der Waals surface area (Å²) in [6.07, 6.45) is 18.0. The average molecular weight is 920 g/mol. The Labute approximate surface area is 417 Å². The summed E-state index contributed by atoms with van der Waals surface area (Å²) in [6, 6.07) is 56.6. The van der Waals surface area contributed by atoms with Crippen LogP contribution in [0.5, 0.6) is 0 Å². The molecule has 0 saturated heterocycles. The van der Waals surface area contributed by atoms with Crippen molar-refractivity contribution in [1.29, 1.82) is 0 Å². The van der Waals surface area contributed by atoms with Crippen molar-refractivity contribution in [3.05, 3.63) is 262 Å². The van der Waals surface area contributed by atoms with Crippen LogP contribution in [-0.4, -0.2) is 17.0 Å². The molecule has 7 aromatic carbocycles. The summed E-state index contributed by atoms with van der Waals surface area (Å²) >= 11 is 0. The third-order valence-electron chi connectivity index (χ3n) is 13.5. The zero-order chi connectivity index (χ0) is 49.0. The van der Waals surface area contributed by atoms with Gasteiger partial charge in [0.25, 0.3) is 0 Å². The summed E-state index contributed by atoms with van der Waals surface area (Å²) in [5.41, 5.74) is 21.6. The number of furan rings is 1. The van der Waals surface area contributed by atoms with Crippen molar-refractivity contribution >= 4 is 62.9 Å². The fourth-order valence-electron chi connectivity index (χ4n) is 10.4. The van der Waals surface area contributed by atoms with Gasteiger partial charge in [-0.3, -0.25) is 9.98 Å². The number of hydrogen-bond donors (Lipinski definition) is 0. The zero-order valence-corrected chi connectivity index (χ0v) is 41.2. The molecule has 4 nitrogen and oxygen atoms in total. The highest BCUT2D eigenvalue weighted by Crippen LogP contribution is 2.43. The molecule has 0 spiro atoms. The van der Waals surface area contributed by atoms with Gasteiger partial charge < -0.3 is 8.98 Å². The van der Waals surface area contributed by atoms with E-state index in [1.807, 2.05) is 33.8 Å². The minimum atomic E-state index is 0.466. The quantitative estimate of drug-likeness (QED) is 0.0995. The SMILES string of the molecule is C=NC(=C1/C=C(c2cccc3c2-c2ccccc2C3)C=CC1=NCc1cccc(C(/C=C\C)=c2/c(=C)oc3ccc(-c4ccc5c(c4)c4ccccc4n5-c4ccccc4)cc23)c1)/C(/C=C\C)=C/C.CC. The molecule has 71 heavy (non-hydrogen) atoms. The third-order valence-corrected chi connectivity index (χ3v) is 13.5. The molecule has 2 heterocycles. The number of benzene rings is 7. The molecule has 2 aromatic heterocycles.